The number of hydrogen-bond donors (Lipinski definition) is 2. The molecule has 0 aromatic carbocycles. The lowest BCUT2D eigenvalue weighted by atomic mass is 10.1. The van der Waals surface area contributed by atoms with Crippen molar-refractivity contribution in [1.82, 2.24) is 0 Å². The van der Waals surface area contributed by atoms with Crippen LogP contribution in [0.3, 0.4) is 0 Å². The number of methoxy groups -OCH3 is 1. The molecule has 1 atom stereocenters. The van der Waals surface area contributed by atoms with Crippen LogP contribution in [-0.4, -0.2) is 25.5 Å². The van der Waals surface area contributed by atoms with Gasteiger partial charge >= 0.3 is 5.97 Å². The lowest BCUT2D eigenvalue weighted by Crippen LogP contribution is -3.10. The maximum atomic E-state index is 12.8. The van der Waals surface area contributed by atoms with E-state index in [1.54, 1.807) is 17.6 Å². The summed E-state index contributed by atoms with van der Waals surface area (Å²) in [4.78, 5) is 28.1. The highest BCUT2D eigenvalue weighted by atomic mass is 32.1. The molecule has 1 amide bonds. The van der Waals surface area contributed by atoms with E-state index >= 15 is 0 Å². The van der Waals surface area contributed by atoms with Crippen LogP contribution in [0, 0.1) is 13.8 Å². The summed E-state index contributed by atoms with van der Waals surface area (Å²) in [6.07, 6.45) is 1.64. The minimum absolute atomic E-state index is 0.149. The molecule has 3 rings (SSSR count). The summed E-state index contributed by atoms with van der Waals surface area (Å²) >= 11 is 3.06. The number of carbonyl (C=O) groups is 2. The molecule has 6 nitrogen and oxygen atoms in total. The van der Waals surface area contributed by atoms with E-state index in [1.165, 1.54) is 23.3 Å². The number of aryl methyl sites for hydroxylation is 1. The standard InChI is InChI=1S/C20H22N2O4S2/c1-13-14(2)28-19(18(13)20(24)25-3)21-17(23)12-22(10-15-6-4-8-26-15)11-16-7-5-9-27-16/h4-9H,10-12H2,1-3H3,(H,21,23)/p+1. The van der Waals surface area contributed by atoms with Crippen LogP contribution in [0.2, 0.25) is 0 Å². The van der Waals surface area contributed by atoms with Gasteiger partial charge in [-0.2, -0.15) is 0 Å². The normalized spacial score (nSPS) is 12.0. The number of ether oxygens (including phenoxy) is 1. The summed E-state index contributed by atoms with van der Waals surface area (Å²) in [5, 5.41) is 5.48. The Labute approximate surface area is 171 Å². The van der Waals surface area contributed by atoms with Gasteiger partial charge in [-0.15, -0.1) is 22.7 Å². The zero-order valence-corrected chi connectivity index (χ0v) is 17.7. The van der Waals surface area contributed by atoms with E-state index in [2.05, 4.69) is 11.4 Å². The third-order valence-electron chi connectivity index (χ3n) is 4.45. The molecule has 0 aliphatic carbocycles. The fraction of sp³-hybridized carbons (Fsp3) is 0.300. The molecule has 0 saturated heterocycles. The third kappa shape index (κ3) is 4.89. The number of hydrogen-bond acceptors (Lipinski definition) is 6. The number of esters is 1. The molecule has 0 radical (unpaired) electrons. The number of furan rings is 1. The van der Waals surface area contributed by atoms with Crippen molar-refractivity contribution in [2.24, 2.45) is 0 Å². The molecule has 0 bridgehead atoms. The Hall–Kier alpha value is -2.42. The Balaban J connectivity index is 1.73. The van der Waals surface area contributed by atoms with Gasteiger partial charge in [-0.05, 0) is 43.0 Å². The van der Waals surface area contributed by atoms with Crippen LogP contribution >= 0.6 is 22.7 Å². The number of anilines is 1. The van der Waals surface area contributed by atoms with Crippen molar-refractivity contribution in [3.8, 4) is 0 Å². The zero-order valence-electron chi connectivity index (χ0n) is 16.0. The summed E-state index contributed by atoms with van der Waals surface area (Å²) in [5.74, 6) is 0.248. The largest absolute Gasteiger partial charge is 0.465 e. The minimum Gasteiger partial charge on any atom is -0.465 e. The molecular formula is C20H23N2O4S2+. The molecule has 3 heterocycles. The van der Waals surface area contributed by atoms with Crippen LogP contribution in [0.4, 0.5) is 5.00 Å². The Morgan fingerprint density at radius 2 is 2.04 bits per heavy atom. The highest BCUT2D eigenvalue weighted by Gasteiger charge is 2.24. The molecular weight excluding hydrogens is 396 g/mol. The summed E-state index contributed by atoms with van der Waals surface area (Å²) in [5.41, 5.74) is 1.27. The molecule has 0 spiro atoms. The predicted octanol–water partition coefficient (Wildman–Crippen LogP) is 3.03. The highest BCUT2D eigenvalue weighted by molar-refractivity contribution is 7.16. The molecule has 0 saturated carbocycles. The molecule has 8 heteroatoms. The van der Waals surface area contributed by atoms with E-state index < -0.39 is 5.97 Å². The van der Waals surface area contributed by atoms with E-state index in [1.807, 2.05) is 37.4 Å². The number of quaternary nitrogens is 1. The first kappa shape index (κ1) is 20.3. The Morgan fingerprint density at radius 1 is 1.21 bits per heavy atom. The maximum absolute atomic E-state index is 12.8. The Kier molecular flexibility index (Phi) is 6.66. The molecule has 1 unspecified atom stereocenters. The van der Waals surface area contributed by atoms with Crippen LogP contribution in [0.25, 0.3) is 0 Å². The number of rotatable bonds is 8. The summed E-state index contributed by atoms with van der Waals surface area (Å²) in [7, 11) is 1.34. The smallest absolute Gasteiger partial charge is 0.341 e. The molecule has 148 valence electrons. The van der Waals surface area contributed by atoms with Gasteiger partial charge in [0.25, 0.3) is 5.91 Å². The van der Waals surface area contributed by atoms with Gasteiger partial charge in [0.15, 0.2) is 12.3 Å². The Morgan fingerprint density at radius 3 is 2.68 bits per heavy atom. The summed E-state index contributed by atoms with van der Waals surface area (Å²) < 4.78 is 10.3. The second-order valence-electron chi connectivity index (χ2n) is 6.47. The molecule has 2 N–H and O–H groups in total. The van der Waals surface area contributed by atoms with E-state index in [4.69, 9.17) is 9.15 Å². The predicted molar refractivity (Wildman–Crippen MR) is 110 cm³/mol. The molecule has 3 aromatic heterocycles. The SMILES string of the molecule is COC(=O)c1c(NC(=O)C[NH+](Cc2ccco2)Cc2cccs2)sc(C)c1C. The zero-order chi connectivity index (χ0) is 20.1. The third-order valence-corrected chi connectivity index (χ3v) is 6.45. The molecule has 28 heavy (non-hydrogen) atoms. The van der Waals surface area contributed by atoms with E-state index in [0.29, 0.717) is 17.1 Å². The van der Waals surface area contributed by atoms with Gasteiger partial charge in [0, 0.05) is 4.88 Å². The topological polar surface area (TPSA) is 73.0 Å². The highest BCUT2D eigenvalue weighted by Crippen LogP contribution is 2.32. The maximum Gasteiger partial charge on any atom is 0.341 e. The van der Waals surface area contributed by atoms with Gasteiger partial charge in [0.2, 0.25) is 0 Å². The van der Waals surface area contributed by atoms with Gasteiger partial charge in [0.1, 0.15) is 18.1 Å². The number of amides is 1. The fourth-order valence-corrected chi connectivity index (χ4v) is 4.81. The number of nitrogens with one attached hydrogen (secondary N) is 2. The van der Waals surface area contributed by atoms with Crippen molar-refractivity contribution in [3.05, 3.63) is 62.6 Å². The van der Waals surface area contributed by atoms with Gasteiger partial charge in [0.05, 0.1) is 23.8 Å². The van der Waals surface area contributed by atoms with Gasteiger partial charge in [-0.25, -0.2) is 4.79 Å². The average Bonchev–Trinajstić information content (AvgIpc) is 3.39. The number of carbonyl (C=O) groups excluding carboxylic acids is 2. The van der Waals surface area contributed by atoms with Crippen molar-refractivity contribution in [3.63, 3.8) is 0 Å². The van der Waals surface area contributed by atoms with Crippen molar-refractivity contribution in [2.45, 2.75) is 26.9 Å². The minimum atomic E-state index is -0.435. The molecule has 0 aliphatic heterocycles. The summed E-state index contributed by atoms with van der Waals surface area (Å²) in [6, 6.07) is 7.82. The van der Waals surface area contributed by atoms with Gasteiger partial charge in [-0.1, -0.05) is 6.07 Å². The van der Waals surface area contributed by atoms with E-state index in [0.717, 1.165) is 27.6 Å². The lowest BCUT2D eigenvalue weighted by Gasteiger charge is -2.17. The van der Waals surface area contributed by atoms with Crippen molar-refractivity contribution < 1.29 is 23.6 Å². The second kappa shape index (κ2) is 9.18. The first-order chi connectivity index (χ1) is 13.5. The Bertz CT molecular complexity index is 894. The average molecular weight is 420 g/mol. The van der Waals surface area contributed by atoms with Crippen LogP contribution in [0.1, 0.15) is 31.4 Å². The van der Waals surface area contributed by atoms with Crippen molar-refractivity contribution in [2.75, 3.05) is 19.0 Å². The van der Waals surface area contributed by atoms with Crippen LogP contribution < -0.4 is 10.2 Å². The lowest BCUT2D eigenvalue weighted by molar-refractivity contribution is -0.920. The second-order valence-corrected chi connectivity index (χ2v) is 8.72. The molecule has 3 aromatic rings. The van der Waals surface area contributed by atoms with Crippen molar-refractivity contribution in [1.29, 1.82) is 0 Å². The van der Waals surface area contributed by atoms with Crippen LogP contribution in [0.15, 0.2) is 40.3 Å². The van der Waals surface area contributed by atoms with E-state index in [-0.39, 0.29) is 12.5 Å². The fourth-order valence-electron chi connectivity index (χ4n) is 2.97. The molecule has 0 aliphatic rings. The van der Waals surface area contributed by atoms with Crippen molar-refractivity contribution >= 4 is 39.6 Å². The molecule has 0 fully saturated rings. The van der Waals surface area contributed by atoms with E-state index in [9.17, 15) is 9.59 Å². The monoisotopic (exact) mass is 419 g/mol. The van der Waals surface area contributed by atoms with Gasteiger partial charge in [-0.3, -0.25) is 4.79 Å². The summed E-state index contributed by atoms with van der Waals surface area (Å²) in [6.45, 7) is 5.37. The number of thiophene rings is 2. The first-order valence-electron chi connectivity index (χ1n) is 8.84. The quantitative estimate of drug-likeness (QED) is 0.551. The first-order valence-corrected chi connectivity index (χ1v) is 10.5. The van der Waals surface area contributed by atoms with Crippen LogP contribution in [-0.2, 0) is 22.6 Å². The van der Waals surface area contributed by atoms with Gasteiger partial charge < -0.3 is 19.4 Å². The van der Waals surface area contributed by atoms with Crippen LogP contribution in [0.5, 0.6) is 0 Å².